The van der Waals surface area contributed by atoms with Gasteiger partial charge in [-0.3, -0.25) is 4.79 Å². The van der Waals surface area contributed by atoms with E-state index < -0.39 is 11.8 Å². The minimum Gasteiger partial charge on any atom is -0.337 e. The zero-order valence-electron chi connectivity index (χ0n) is 14.2. The fourth-order valence-corrected chi connectivity index (χ4v) is 4.20. The maximum absolute atomic E-state index is 14.4. The molecule has 0 N–H and O–H groups in total. The quantitative estimate of drug-likeness (QED) is 0.758. The van der Waals surface area contributed by atoms with Crippen LogP contribution in [0.2, 0.25) is 0 Å². The lowest BCUT2D eigenvalue weighted by Gasteiger charge is -2.34. The molecule has 2 nitrogen and oxygen atoms in total. The Hall–Kier alpha value is -1.45. The van der Waals surface area contributed by atoms with Gasteiger partial charge in [0.25, 0.3) is 5.91 Å². The van der Waals surface area contributed by atoms with E-state index in [9.17, 15) is 13.6 Å². The third-order valence-electron chi connectivity index (χ3n) is 5.62. The van der Waals surface area contributed by atoms with Gasteiger partial charge < -0.3 is 4.90 Å². The van der Waals surface area contributed by atoms with E-state index in [1.165, 1.54) is 10.5 Å². The highest BCUT2D eigenvalue weighted by atomic mass is 19.3. The van der Waals surface area contributed by atoms with Crippen LogP contribution in [0.4, 0.5) is 8.78 Å². The summed E-state index contributed by atoms with van der Waals surface area (Å²) in [6.45, 7) is 0.990. The topological polar surface area (TPSA) is 20.3 Å². The third kappa shape index (κ3) is 4.14. The number of hydrogen-bond donors (Lipinski definition) is 0. The van der Waals surface area contributed by atoms with Crippen LogP contribution >= 0.6 is 0 Å². The first-order valence-corrected chi connectivity index (χ1v) is 9.28. The van der Waals surface area contributed by atoms with Crippen molar-refractivity contribution in [1.82, 2.24) is 4.90 Å². The van der Waals surface area contributed by atoms with Gasteiger partial charge in [0, 0.05) is 19.5 Å². The van der Waals surface area contributed by atoms with Crippen LogP contribution in [0.1, 0.15) is 62.8 Å². The molecule has 3 rings (SSSR count). The second-order valence-electron chi connectivity index (χ2n) is 7.39. The monoisotopic (exact) mass is 335 g/mol. The number of carbonyl (C=O) groups is 1. The fraction of sp³-hybridized carbons (Fsp3) is 0.650. The summed E-state index contributed by atoms with van der Waals surface area (Å²) in [6.07, 6.45) is 5.95. The molecule has 1 aliphatic heterocycles. The van der Waals surface area contributed by atoms with Crippen LogP contribution in [0.3, 0.4) is 0 Å². The molecule has 0 spiro atoms. The highest BCUT2D eigenvalue weighted by Crippen LogP contribution is 2.40. The van der Waals surface area contributed by atoms with Crippen LogP contribution in [0, 0.1) is 5.92 Å². The molecule has 132 valence electrons. The maximum Gasteiger partial charge on any atom is 0.325 e. The molecule has 1 heterocycles. The number of carbonyl (C=O) groups excluding carboxylic acids is 1. The summed E-state index contributed by atoms with van der Waals surface area (Å²) >= 11 is 0. The standard InChI is InChI=1S/C20H27F2NO/c21-20(22,19(24)23-13-5-2-6-14-23)15-16-9-11-18(12-10-16)17-7-3-1-4-8-17/h1,3-4,7-8,16,18H,2,5-6,9-15H2. The number of piperidine rings is 1. The number of hydrogen-bond acceptors (Lipinski definition) is 1. The van der Waals surface area contributed by atoms with Gasteiger partial charge in [-0.05, 0) is 62.3 Å². The highest BCUT2D eigenvalue weighted by Gasteiger charge is 2.44. The normalized spacial score (nSPS) is 25.5. The summed E-state index contributed by atoms with van der Waals surface area (Å²) in [5.41, 5.74) is 1.31. The zero-order valence-corrected chi connectivity index (χ0v) is 14.2. The Labute approximate surface area is 143 Å². The summed E-state index contributed by atoms with van der Waals surface area (Å²) < 4.78 is 28.8. The lowest BCUT2D eigenvalue weighted by atomic mass is 9.76. The van der Waals surface area contributed by atoms with Gasteiger partial charge in [-0.15, -0.1) is 0 Å². The molecule has 0 bridgehead atoms. The van der Waals surface area contributed by atoms with Crippen LogP contribution in [-0.4, -0.2) is 29.8 Å². The van der Waals surface area contributed by atoms with Gasteiger partial charge in [0.05, 0.1) is 0 Å². The zero-order chi connectivity index (χ0) is 17.0. The van der Waals surface area contributed by atoms with E-state index in [-0.39, 0.29) is 12.3 Å². The second kappa shape index (κ2) is 7.62. The van der Waals surface area contributed by atoms with E-state index in [1.54, 1.807) is 0 Å². The van der Waals surface area contributed by atoms with E-state index in [2.05, 4.69) is 12.1 Å². The molecule has 4 heteroatoms. The molecular formula is C20H27F2NO. The van der Waals surface area contributed by atoms with Crippen molar-refractivity contribution in [2.75, 3.05) is 13.1 Å². The summed E-state index contributed by atoms with van der Waals surface area (Å²) in [5, 5.41) is 0. The Kier molecular flexibility index (Phi) is 5.52. The predicted molar refractivity (Wildman–Crippen MR) is 91.1 cm³/mol. The van der Waals surface area contributed by atoms with Crippen molar-refractivity contribution in [1.29, 1.82) is 0 Å². The molecule has 1 aliphatic carbocycles. The van der Waals surface area contributed by atoms with Crippen LogP contribution in [0.15, 0.2) is 30.3 Å². The molecule has 0 unspecified atom stereocenters. The van der Waals surface area contributed by atoms with Gasteiger partial charge in [-0.1, -0.05) is 30.3 Å². The molecule has 24 heavy (non-hydrogen) atoms. The molecular weight excluding hydrogens is 308 g/mol. The van der Waals surface area contributed by atoms with E-state index >= 15 is 0 Å². The smallest absolute Gasteiger partial charge is 0.325 e. The third-order valence-corrected chi connectivity index (χ3v) is 5.62. The van der Waals surface area contributed by atoms with Crippen LogP contribution in [-0.2, 0) is 4.79 Å². The van der Waals surface area contributed by atoms with E-state index in [1.807, 2.05) is 18.2 Å². The second-order valence-corrected chi connectivity index (χ2v) is 7.39. The van der Waals surface area contributed by atoms with Gasteiger partial charge in [0.15, 0.2) is 0 Å². The molecule has 1 saturated carbocycles. The first-order valence-electron chi connectivity index (χ1n) is 9.28. The van der Waals surface area contributed by atoms with Crippen molar-refractivity contribution in [2.45, 2.75) is 63.2 Å². The van der Waals surface area contributed by atoms with Crippen molar-refractivity contribution >= 4 is 5.91 Å². The molecule has 1 amide bonds. The Morgan fingerprint density at radius 1 is 1.00 bits per heavy atom. The molecule has 0 atom stereocenters. The van der Waals surface area contributed by atoms with Crippen molar-refractivity contribution in [2.24, 2.45) is 5.92 Å². The lowest BCUT2D eigenvalue weighted by molar-refractivity contribution is -0.161. The Morgan fingerprint density at radius 3 is 2.25 bits per heavy atom. The molecule has 0 radical (unpaired) electrons. The van der Waals surface area contributed by atoms with Crippen molar-refractivity contribution in [3.05, 3.63) is 35.9 Å². The minimum absolute atomic E-state index is 0.0336. The Morgan fingerprint density at radius 2 is 1.62 bits per heavy atom. The minimum atomic E-state index is -3.19. The van der Waals surface area contributed by atoms with Crippen molar-refractivity contribution in [3.8, 4) is 0 Å². The summed E-state index contributed by atoms with van der Waals surface area (Å²) in [7, 11) is 0. The van der Waals surface area contributed by atoms with Gasteiger partial charge in [0.2, 0.25) is 0 Å². The Bertz CT molecular complexity index is 532. The van der Waals surface area contributed by atoms with Crippen LogP contribution in [0.5, 0.6) is 0 Å². The molecule has 0 aromatic heterocycles. The first kappa shape index (κ1) is 17.4. The fourth-order valence-electron chi connectivity index (χ4n) is 4.20. The summed E-state index contributed by atoms with van der Waals surface area (Å²) in [6, 6.07) is 10.3. The number of amides is 1. The summed E-state index contributed by atoms with van der Waals surface area (Å²) in [5.74, 6) is -3.68. The number of rotatable bonds is 4. The maximum atomic E-state index is 14.4. The van der Waals surface area contributed by atoms with Crippen molar-refractivity contribution < 1.29 is 13.6 Å². The number of alkyl halides is 2. The van der Waals surface area contributed by atoms with Crippen molar-refractivity contribution in [3.63, 3.8) is 0 Å². The van der Waals surface area contributed by atoms with E-state index in [0.29, 0.717) is 19.0 Å². The molecule has 1 saturated heterocycles. The first-order chi connectivity index (χ1) is 11.6. The predicted octanol–water partition coefficient (Wildman–Crippen LogP) is 5.00. The average molecular weight is 335 g/mol. The molecule has 2 aliphatic rings. The number of halogens is 2. The average Bonchev–Trinajstić information content (AvgIpc) is 2.63. The number of likely N-dealkylation sites (tertiary alicyclic amines) is 1. The summed E-state index contributed by atoms with van der Waals surface area (Å²) in [4.78, 5) is 13.5. The van der Waals surface area contributed by atoms with E-state index in [0.717, 1.165) is 44.9 Å². The van der Waals surface area contributed by atoms with E-state index in [4.69, 9.17) is 0 Å². The van der Waals surface area contributed by atoms with Gasteiger partial charge in [0.1, 0.15) is 0 Å². The lowest BCUT2D eigenvalue weighted by Crippen LogP contribution is -2.46. The highest BCUT2D eigenvalue weighted by molar-refractivity contribution is 5.83. The van der Waals surface area contributed by atoms with Gasteiger partial charge in [-0.25, -0.2) is 0 Å². The van der Waals surface area contributed by atoms with Gasteiger partial charge >= 0.3 is 5.92 Å². The number of benzene rings is 1. The number of nitrogens with zero attached hydrogens (tertiary/aromatic N) is 1. The van der Waals surface area contributed by atoms with Crippen LogP contribution < -0.4 is 0 Å². The molecule has 1 aromatic carbocycles. The van der Waals surface area contributed by atoms with Gasteiger partial charge in [-0.2, -0.15) is 8.78 Å². The molecule has 2 fully saturated rings. The Balaban J connectivity index is 1.52. The van der Waals surface area contributed by atoms with Crippen LogP contribution in [0.25, 0.3) is 0 Å². The largest absolute Gasteiger partial charge is 0.337 e. The SMILES string of the molecule is O=C(N1CCCCC1)C(F)(F)CC1CCC(c2ccccc2)CC1. The molecule has 1 aromatic rings.